The highest BCUT2D eigenvalue weighted by molar-refractivity contribution is 7.17. The standard InChI is InChI=1S/C26H36N4O5S/c1-4-5-9-17(15-23(31)28-35)24(32)27-20(14-18-16-36-22-12-7-6-10-19(18)22)25(33)30-13-8-11-21(30)26(34)29(2)3/h6-7,10,12,16-17,20-21,35H,4-5,8-9,11,13-15H2,1-3H3,(H,27,32)(H,28,31)/t17-,20+,21+/m1/s1. The second kappa shape index (κ2) is 12.8. The molecule has 3 atom stereocenters. The van der Waals surface area contributed by atoms with Crippen LogP contribution in [0.3, 0.4) is 0 Å². The van der Waals surface area contributed by atoms with E-state index < -0.39 is 29.8 Å². The lowest BCUT2D eigenvalue weighted by molar-refractivity contribution is -0.145. The summed E-state index contributed by atoms with van der Waals surface area (Å²) in [7, 11) is 3.34. The molecule has 3 N–H and O–H groups in total. The molecule has 0 saturated carbocycles. The highest BCUT2D eigenvalue weighted by Crippen LogP contribution is 2.28. The molecule has 0 unspecified atom stereocenters. The zero-order chi connectivity index (χ0) is 26.2. The first-order valence-electron chi connectivity index (χ1n) is 12.5. The molecule has 0 spiro atoms. The van der Waals surface area contributed by atoms with Crippen molar-refractivity contribution < 1.29 is 24.4 Å². The Balaban J connectivity index is 1.88. The maximum absolute atomic E-state index is 13.8. The molecule has 0 bridgehead atoms. The van der Waals surface area contributed by atoms with E-state index in [-0.39, 0.29) is 24.7 Å². The number of carbonyl (C=O) groups excluding carboxylic acids is 4. The monoisotopic (exact) mass is 516 g/mol. The minimum absolute atomic E-state index is 0.132. The quantitative estimate of drug-likeness (QED) is 0.313. The number of nitrogens with one attached hydrogen (secondary N) is 2. The maximum atomic E-state index is 13.8. The number of nitrogens with zero attached hydrogens (tertiary/aromatic N) is 2. The van der Waals surface area contributed by atoms with Gasteiger partial charge >= 0.3 is 0 Å². The second-order valence-corrected chi connectivity index (χ2v) is 10.4. The number of unbranched alkanes of at least 4 members (excludes halogenated alkanes) is 1. The lowest BCUT2D eigenvalue weighted by Crippen LogP contribution is -2.55. The van der Waals surface area contributed by atoms with Crippen molar-refractivity contribution in [2.75, 3.05) is 20.6 Å². The van der Waals surface area contributed by atoms with Crippen molar-refractivity contribution in [1.82, 2.24) is 20.6 Å². The normalized spacial score (nSPS) is 17.0. The molecule has 1 aromatic carbocycles. The molecule has 1 aliphatic heterocycles. The van der Waals surface area contributed by atoms with E-state index >= 15 is 0 Å². The van der Waals surface area contributed by atoms with E-state index in [4.69, 9.17) is 5.21 Å². The third kappa shape index (κ3) is 6.61. The molecule has 9 nitrogen and oxygen atoms in total. The van der Waals surface area contributed by atoms with Gasteiger partial charge < -0.3 is 15.1 Å². The summed E-state index contributed by atoms with van der Waals surface area (Å²) in [5.41, 5.74) is 2.54. The average molecular weight is 517 g/mol. The SMILES string of the molecule is CCCC[C@H](CC(=O)NO)C(=O)N[C@@H](Cc1csc2ccccc12)C(=O)N1CCC[C@H]1C(=O)N(C)C. The first-order chi connectivity index (χ1) is 17.3. The molecular weight excluding hydrogens is 480 g/mol. The lowest BCUT2D eigenvalue weighted by atomic mass is 9.95. The zero-order valence-corrected chi connectivity index (χ0v) is 22.0. The molecule has 2 aromatic rings. The Bertz CT molecular complexity index is 1090. The number of likely N-dealkylation sites (N-methyl/N-ethyl adjacent to an activating group) is 1. The average Bonchev–Trinajstić information content (AvgIpc) is 3.52. The van der Waals surface area contributed by atoms with Crippen LogP contribution in [0.15, 0.2) is 29.6 Å². The van der Waals surface area contributed by atoms with Gasteiger partial charge in [-0.25, -0.2) is 5.48 Å². The molecule has 1 aliphatic rings. The van der Waals surface area contributed by atoms with Gasteiger partial charge in [0.25, 0.3) is 0 Å². The third-order valence-corrected chi connectivity index (χ3v) is 7.71. The van der Waals surface area contributed by atoms with Crippen LogP contribution in [-0.2, 0) is 25.6 Å². The summed E-state index contributed by atoms with van der Waals surface area (Å²) < 4.78 is 1.09. The van der Waals surface area contributed by atoms with Crippen molar-refractivity contribution in [2.45, 2.75) is 64.0 Å². The number of carbonyl (C=O) groups is 4. The number of hydrogen-bond donors (Lipinski definition) is 3. The Labute approximate surface area is 215 Å². The molecule has 10 heteroatoms. The molecule has 0 radical (unpaired) electrons. The Morgan fingerprint density at radius 1 is 1.22 bits per heavy atom. The summed E-state index contributed by atoms with van der Waals surface area (Å²) in [5, 5.41) is 14.9. The number of hydroxylamine groups is 1. The number of hydrogen-bond acceptors (Lipinski definition) is 6. The fourth-order valence-electron chi connectivity index (χ4n) is 4.73. The summed E-state index contributed by atoms with van der Waals surface area (Å²) in [4.78, 5) is 54.8. The number of likely N-dealkylation sites (tertiary alicyclic amines) is 1. The van der Waals surface area contributed by atoms with Crippen LogP contribution >= 0.6 is 11.3 Å². The minimum Gasteiger partial charge on any atom is -0.347 e. The first kappa shape index (κ1) is 27.6. The maximum Gasteiger partial charge on any atom is 0.246 e. The summed E-state index contributed by atoms with van der Waals surface area (Å²) >= 11 is 1.58. The Morgan fingerprint density at radius 3 is 2.67 bits per heavy atom. The van der Waals surface area contributed by atoms with Crippen molar-refractivity contribution in [3.8, 4) is 0 Å². The Kier molecular flexibility index (Phi) is 9.83. The van der Waals surface area contributed by atoms with E-state index in [0.717, 1.165) is 28.5 Å². The van der Waals surface area contributed by atoms with Crippen molar-refractivity contribution in [2.24, 2.45) is 5.92 Å². The van der Waals surface area contributed by atoms with Crippen LogP contribution in [0.1, 0.15) is 51.0 Å². The fourth-order valence-corrected chi connectivity index (χ4v) is 5.71. The number of amides is 4. The van der Waals surface area contributed by atoms with E-state index in [9.17, 15) is 19.2 Å². The van der Waals surface area contributed by atoms with Gasteiger partial charge in [-0.15, -0.1) is 11.3 Å². The fraction of sp³-hybridized carbons (Fsp3) is 0.538. The minimum atomic E-state index is -0.882. The van der Waals surface area contributed by atoms with Gasteiger partial charge in [0, 0.05) is 44.1 Å². The largest absolute Gasteiger partial charge is 0.347 e. The highest BCUT2D eigenvalue weighted by atomic mass is 32.1. The molecular formula is C26H36N4O5S. The molecule has 1 aromatic heterocycles. The van der Waals surface area contributed by atoms with Crippen molar-refractivity contribution in [1.29, 1.82) is 0 Å². The van der Waals surface area contributed by atoms with Gasteiger partial charge in [0.05, 0.1) is 0 Å². The molecule has 1 fully saturated rings. The van der Waals surface area contributed by atoms with Crippen molar-refractivity contribution in [3.05, 3.63) is 35.2 Å². The smallest absolute Gasteiger partial charge is 0.246 e. The highest BCUT2D eigenvalue weighted by Gasteiger charge is 2.39. The molecule has 196 valence electrons. The predicted octanol–water partition coefficient (Wildman–Crippen LogP) is 2.71. The summed E-state index contributed by atoms with van der Waals surface area (Å²) in [6.07, 6.45) is 3.45. The van der Waals surface area contributed by atoms with E-state index in [1.165, 1.54) is 4.90 Å². The van der Waals surface area contributed by atoms with Gasteiger partial charge in [-0.2, -0.15) is 0 Å². The summed E-state index contributed by atoms with van der Waals surface area (Å²) in [6.45, 7) is 2.44. The molecule has 4 amide bonds. The predicted molar refractivity (Wildman–Crippen MR) is 138 cm³/mol. The number of rotatable bonds is 11. The van der Waals surface area contributed by atoms with Crippen LogP contribution in [0.2, 0.25) is 0 Å². The molecule has 36 heavy (non-hydrogen) atoms. The van der Waals surface area contributed by atoms with Gasteiger partial charge in [0.2, 0.25) is 23.6 Å². The van der Waals surface area contributed by atoms with Crippen LogP contribution in [0, 0.1) is 5.92 Å². The first-order valence-corrected chi connectivity index (χ1v) is 13.3. The Morgan fingerprint density at radius 2 is 1.97 bits per heavy atom. The van der Waals surface area contributed by atoms with Gasteiger partial charge in [0.1, 0.15) is 12.1 Å². The van der Waals surface area contributed by atoms with E-state index in [2.05, 4.69) is 5.32 Å². The topological polar surface area (TPSA) is 119 Å². The van der Waals surface area contributed by atoms with Crippen LogP contribution in [0.25, 0.3) is 10.1 Å². The molecule has 2 heterocycles. The Hall–Kier alpha value is -2.98. The van der Waals surface area contributed by atoms with Crippen LogP contribution in [-0.4, -0.2) is 71.4 Å². The third-order valence-electron chi connectivity index (χ3n) is 6.69. The van der Waals surface area contributed by atoms with Crippen LogP contribution in [0.4, 0.5) is 0 Å². The number of benzene rings is 1. The number of thiophene rings is 1. The molecule has 3 rings (SSSR count). The molecule has 0 aliphatic carbocycles. The summed E-state index contributed by atoms with van der Waals surface area (Å²) in [6, 6.07) is 6.47. The van der Waals surface area contributed by atoms with Gasteiger partial charge in [-0.3, -0.25) is 24.4 Å². The van der Waals surface area contributed by atoms with E-state index in [0.29, 0.717) is 25.8 Å². The van der Waals surface area contributed by atoms with Crippen molar-refractivity contribution in [3.63, 3.8) is 0 Å². The van der Waals surface area contributed by atoms with Gasteiger partial charge in [-0.05, 0) is 41.7 Å². The molecule has 1 saturated heterocycles. The van der Waals surface area contributed by atoms with E-state index in [1.807, 2.05) is 36.6 Å². The van der Waals surface area contributed by atoms with Gasteiger partial charge in [-0.1, -0.05) is 38.0 Å². The lowest BCUT2D eigenvalue weighted by Gasteiger charge is -2.30. The van der Waals surface area contributed by atoms with Crippen LogP contribution in [0.5, 0.6) is 0 Å². The number of fused-ring (bicyclic) bond motifs is 1. The second-order valence-electron chi connectivity index (χ2n) is 9.52. The van der Waals surface area contributed by atoms with Crippen molar-refractivity contribution >= 4 is 45.1 Å². The van der Waals surface area contributed by atoms with Crippen LogP contribution < -0.4 is 10.8 Å². The van der Waals surface area contributed by atoms with Gasteiger partial charge in [0.15, 0.2) is 0 Å². The zero-order valence-electron chi connectivity index (χ0n) is 21.2. The summed E-state index contributed by atoms with van der Waals surface area (Å²) in [5.74, 6) is -2.15. The van der Waals surface area contributed by atoms with E-state index in [1.54, 1.807) is 35.8 Å².